The van der Waals surface area contributed by atoms with Crippen molar-refractivity contribution in [2.45, 2.75) is 36.6 Å². The maximum absolute atomic E-state index is 12.6. The van der Waals surface area contributed by atoms with Crippen LogP contribution in [0.15, 0.2) is 59.8 Å². The number of ether oxygens (including phenoxy) is 1. The largest absolute Gasteiger partial charge is 0.497 e. The van der Waals surface area contributed by atoms with Crippen LogP contribution >= 0.6 is 11.8 Å². The van der Waals surface area contributed by atoms with E-state index in [0.717, 1.165) is 17.7 Å². The van der Waals surface area contributed by atoms with Gasteiger partial charge in [0.25, 0.3) is 0 Å². The number of nitrogen functional groups attached to an aromatic ring is 1. The molecule has 0 radical (unpaired) electrons. The number of nitrogens with two attached hydrogens (primary N) is 1. The number of rotatable bonds is 9. The van der Waals surface area contributed by atoms with Crippen molar-refractivity contribution in [2.24, 2.45) is 0 Å². The first-order valence-corrected chi connectivity index (χ1v) is 10.8. The topological polar surface area (TPSA) is 95.1 Å². The second kappa shape index (κ2) is 10.2. The average Bonchev–Trinajstić information content (AvgIpc) is 3.14. The predicted molar refractivity (Wildman–Crippen MR) is 120 cm³/mol. The molecule has 158 valence electrons. The Hall–Kier alpha value is -3.00. The number of nitrogens with zero attached hydrogens (tertiary/aromatic N) is 3. The molecule has 0 saturated carbocycles. The standard InChI is InChI=1S/C22H27N5O2S/c1-4-16(17-8-6-5-7-9-17)14-24-21(28)15(2)30-22-26-25-20(27(22)23)18-10-12-19(29-3)13-11-18/h5-13,15-16H,4,14,23H2,1-3H3,(H,24,28)/t15-,16-/m1/s1. The molecule has 0 unspecified atom stereocenters. The smallest absolute Gasteiger partial charge is 0.233 e. The quantitative estimate of drug-likeness (QED) is 0.403. The summed E-state index contributed by atoms with van der Waals surface area (Å²) in [6.45, 7) is 4.56. The fraction of sp³-hybridized carbons (Fsp3) is 0.318. The zero-order valence-electron chi connectivity index (χ0n) is 17.4. The Labute approximate surface area is 181 Å². The molecule has 0 aliphatic rings. The summed E-state index contributed by atoms with van der Waals surface area (Å²) in [7, 11) is 1.62. The number of amides is 1. The first kappa shape index (κ1) is 21.7. The van der Waals surface area contributed by atoms with Crippen LogP contribution in [0.2, 0.25) is 0 Å². The third-order valence-electron chi connectivity index (χ3n) is 4.95. The van der Waals surface area contributed by atoms with Gasteiger partial charge in [-0.1, -0.05) is 49.0 Å². The SMILES string of the molecule is CC[C@H](CNC(=O)[C@@H](C)Sc1nnc(-c2ccc(OC)cc2)n1N)c1ccccc1. The molecule has 1 aromatic heterocycles. The molecule has 0 bridgehead atoms. The summed E-state index contributed by atoms with van der Waals surface area (Å²) in [6.07, 6.45) is 0.953. The molecule has 8 heteroatoms. The number of methoxy groups -OCH3 is 1. The second-order valence-corrected chi connectivity index (χ2v) is 8.23. The van der Waals surface area contributed by atoms with Crippen LogP contribution in [0, 0.1) is 0 Å². The highest BCUT2D eigenvalue weighted by atomic mass is 32.2. The monoisotopic (exact) mass is 425 g/mol. The van der Waals surface area contributed by atoms with E-state index in [-0.39, 0.29) is 17.1 Å². The molecule has 1 amide bonds. The molecule has 0 saturated heterocycles. The van der Waals surface area contributed by atoms with Gasteiger partial charge in [-0.05, 0) is 43.2 Å². The minimum atomic E-state index is -0.353. The Morgan fingerprint density at radius 1 is 1.17 bits per heavy atom. The number of carbonyl (C=O) groups is 1. The Morgan fingerprint density at radius 2 is 1.87 bits per heavy atom. The van der Waals surface area contributed by atoms with E-state index in [9.17, 15) is 4.79 Å². The normalized spacial score (nSPS) is 12.9. The average molecular weight is 426 g/mol. The van der Waals surface area contributed by atoms with Crippen molar-refractivity contribution in [1.82, 2.24) is 20.2 Å². The fourth-order valence-corrected chi connectivity index (χ4v) is 3.89. The minimum absolute atomic E-state index is 0.0524. The van der Waals surface area contributed by atoms with Crippen LogP contribution in [-0.4, -0.2) is 39.7 Å². The lowest BCUT2D eigenvalue weighted by Crippen LogP contribution is -2.34. The van der Waals surface area contributed by atoms with Crippen molar-refractivity contribution in [1.29, 1.82) is 0 Å². The molecular weight excluding hydrogens is 398 g/mol. The van der Waals surface area contributed by atoms with Gasteiger partial charge in [0.2, 0.25) is 11.1 Å². The number of benzene rings is 2. The van der Waals surface area contributed by atoms with Crippen molar-refractivity contribution in [3.8, 4) is 17.1 Å². The van der Waals surface area contributed by atoms with Gasteiger partial charge >= 0.3 is 0 Å². The highest BCUT2D eigenvalue weighted by molar-refractivity contribution is 8.00. The lowest BCUT2D eigenvalue weighted by molar-refractivity contribution is -0.120. The number of carbonyl (C=O) groups excluding carboxylic acids is 1. The van der Waals surface area contributed by atoms with E-state index < -0.39 is 0 Å². The highest BCUT2D eigenvalue weighted by Gasteiger charge is 2.21. The van der Waals surface area contributed by atoms with Crippen molar-refractivity contribution >= 4 is 17.7 Å². The number of aromatic nitrogens is 3. The predicted octanol–water partition coefficient (Wildman–Crippen LogP) is 3.46. The van der Waals surface area contributed by atoms with E-state index in [1.807, 2.05) is 49.4 Å². The lowest BCUT2D eigenvalue weighted by atomic mass is 9.96. The van der Waals surface area contributed by atoms with Gasteiger partial charge in [-0.3, -0.25) is 4.79 Å². The van der Waals surface area contributed by atoms with Crippen LogP contribution < -0.4 is 15.9 Å². The van der Waals surface area contributed by atoms with Crippen molar-refractivity contribution in [3.63, 3.8) is 0 Å². The molecule has 2 atom stereocenters. The minimum Gasteiger partial charge on any atom is -0.497 e. The van der Waals surface area contributed by atoms with Gasteiger partial charge in [-0.2, -0.15) is 0 Å². The highest BCUT2D eigenvalue weighted by Crippen LogP contribution is 2.26. The summed E-state index contributed by atoms with van der Waals surface area (Å²) in [5.74, 6) is 7.70. The first-order chi connectivity index (χ1) is 14.5. The third-order valence-corrected chi connectivity index (χ3v) is 6.01. The van der Waals surface area contributed by atoms with E-state index in [1.54, 1.807) is 7.11 Å². The van der Waals surface area contributed by atoms with E-state index in [1.165, 1.54) is 22.0 Å². The van der Waals surface area contributed by atoms with Crippen LogP contribution in [0.5, 0.6) is 5.75 Å². The van der Waals surface area contributed by atoms with Gasteiger partial charge in [0, 0.05) is 18.0 Å². The molecular formula is C22H27N5O2S. The molecule has 0 spiro atoms. The Kier molecular flexibility index (Phi) is 7.35. The van der Waals surface area contributed by atoms with Crippen molar-refractivity contribution in [3.05, 3.63) is 60.2 Å². The number of hydrogen-bond acceptors (Lipinski definition) is 6. The summed E-state index contributed by atoms with van der Waals surface area (Å²) in [5.41, 5.74) is 2.05. The fourth-order valence-electron chi connectivity index (χ4n) is 3.10. The third kappa shape index (κ3) is 5.13. The maximum atomic E-state index is 12.6. The maximum Gasteiger partial charge on any atom is 0.233 e. The molecule has 0 fully saturated rings. The molecule has 3 rings (SSSR count). The van der Waals surface area contributed by atoms with Crippen molar-refractivity contribution in [2.75, 3.05) is 19.5 Å². The zero-order chi connectivity index (χ0) is 21.5. The molecule has 2 aromatic carbocycles. The van der Waals surface area contributed by atoms with Crippen LogP contribution in [0.3, 0.4) is 0 Å². The summed E-state index contributed by atoms with van der Waals surface area (Å²) in [6, 6.07) is 17.6. The Bertz CT molecular complexity index is 959. The summed E-state index contributed by atoms with van der Waals surface area (Å²) in [5, 5.41) is 11.5. The second-order valence-electron chi connectivity index (χ2n) is 6.93. The molecule has 1 heterocycles. The summed E-state index contributed by atoms with van der Waals surface area (Å²) in [4.78, 5) is 12.6. The summed E-state index contributed by atoms with van der Waals surface area (Å²) >= 11 is 1.28. The first-order valence-electron chi connectivity index (χ1n) is 9.87. The van der Waals surface area contributed by atoms with E-state index in [0.29, 0.717) is 17.5 Å². The van der Waals surface area contributed by atoms with Gasteiger partial charge in [0.05, 0.1) is 12.4 Å². The summed E-state index contributed by atoms with van der Waals surface area (Å²) < 4.78 is 6.58. The van der Waals surface area contributed by atoms with Crippen molar-refractivity contribution < 1.29 is 9.53 Å². The Morgan fingerprint density at radius 3 is 2.50 bits per heavy atom. The molecule has 7 nitrogen and oxygen atoms in total. The number of nitrogens with one attached hydrogen (secondary N) is 1. The lowest BCUT2D eigenvalue weighted by Gasteiger charge is -2.18. The van der Waals surface area contributed by atoms with Gasteiger partial charge in [0.15, 0.2) is 5.82 Å². The van der Waals surface area contributed by atoms with Crippen LogP contribution in [0.25, 0.3) is 11.4 Å². The van der Waals surface area contributed by atoms with Crippen LogP contribution in [-0.2, 0) is 4.79 Å². The van der Waals surface area contributed by atoms with Gasteiger partial charge in [-0.25, -0.2) is 4.68 Å². The van der Waals surface area contributed by atoms with Gasteiger partial charge < -0.3 is 15.9 Å². The zero-order valence-corrected chi connectivity index (χ0v) is 18.2. The van der Waals surface area contributed by atoms with E-state index >= 15 is 0 Å². The molecule has 0 aliphatic carbocycles. The number of thioether (sulfide) groups is 1. The molecule has 3 aromatic rings. The van der Waals surface area contributed by atoms with E-state index in [4.69, 9.17) is 10.6 Å². The molecule has 30 heavy (non-hydrogen) atoms. The van der Waals surface area contributed by atoms with Crippen LogP contribution in [0.4, 0.5) is 0 Å². The van der Waals surface area contributed by atoms with E-state index in [2.05, 4.69) is 34.6 Å². The Balaban J connectivity index is 1.60. The molecule has 0 aliphatic heterocycles. The van der Waals surface area contributed by atoms with Crippen LogP contribution in [0.1, 0.15) is 31.7 Å². The molecule has 3 N–H and O–H groups in total. The number of hydrogen-bond donors (Lipinski definition) is 2. The van der Waals surface area contributed by atoms with Gasteiger partial charge in [0.1, 0.15) is 5.75 Å². The van der Waals surface area contributed by atoms with Gasteiger partial charge in [-0.15, -0.1) is 10.2 Å².